The summed E-state index contributed by atoms with van der Waals surface area (Å²) >= 11 is 0. The molecule has 1 saturated heterocycles. The molecule has 104 valence electrons. The minimum Gasteiger partial charge on any atom is -0.477 e. The Morgan fingerprint density at radius 2 is 1.85 bits per heavy atom. The van der Waals surface area contributed by atoms with Crippen LogP contribution < -0.4 is 10.4 Å². The minimum absolute atomic E-state index is 0.462. The van der Waals surface area contributed by atoms with Crippen molar-refractivity contribution < 1.29 is 23.1 Å². The van der Waals surface area contributed by atoms with Crippen molar-refractivity contribution >= 4 is 16.9 Å². The highest BCUT2D eigenvalue weighted by Gasteiger charge is 2.27. The Bertz CT molecular complexity index is 812. The Kier molecular flexibility index (Phi) is 2.50. The summed E-state index contributed by atoms with van der Waals surface area (Å²) in [5.74, 6) is -6.26. The lowest BCUT2D eigenvalue weighted by molar-refractivity contribution is 0.0695. The van der Waals surface area contributed by atoms with E-state index in [1.54, 1.807) is 0 Å². The second-order valence-corrected chi connectivity index (χ2v) is 4.36. The number of halogens is 3. The molecule has 8 heteroatoms. The van der Waals surface area contributed by atoms with Gasteiger partial charge in [-0.15, -0.1) is 0 Å². The molecule has 0 aliphatic carbocycles. The molecule has 0 unspecified atom stereocenters. The summed E-state index contributed by atoms with van der Waals surface area (Å²) in [7, 11) is 0. The minimum atomic E-state index is -1.70. The summed E-state index contributed by atoms with van der Waals surface area (Å²) in [4.78, 5) is 22.9. The van der Waals surface area contributed by atoms with Crippen LogP contribution in [0.5, 0.6) is 0 Å². The molecule has 20 heavy (non-hydrogen) atoms. The number of carboxylic acid groups (broad SMARTS) is 1. The van der Waals surface area contributed by atoms with Crippen LogP contribution in [0.15, 0.2) is 17.1 Å². The van der Waals surface area contributed by atoms with E-state index in [4.69, 9.17) is 5.11 Å². The van der Waals surface area contributed by atoms with Crippen molar-refractivity contribution in [2.24, 2.45) is 0 Å². The average molecular weight is 284 g/mol. The maximum atomic E-state index is 13.9. The molecule has 0 amide bonds. The zero-order valence-electron chi connectivity index (χ0n) is 9.86. The van der Waals surface area contributed by atoms with Crippen molar-refractivity contribution in [3.8, 4) is 0 Å². The van der Waals surface area contributed by atoms with Gasteiger partial charge in [-0.05, 0) is 6.07 Å². The molecule has 3 rings (SSSR count). The summed E-state index contributed by atoms with van der Waals surface area (Å²) in [5.41, 5.74) is -2.14. The normalized spacial score (nSPS) is 13.8. The zero-order chi connectivity index (χ0) is 14.6. The molecular weight excluding hydrogens is 277 g/mol. The van der Waals surface area contributed by atoms with Crippen molar-refractivity contribution in [1.29, 1.82) is 0 Å². The van der Waals surface area contributed by atoms with Crippen LogP contribution in [0.2, 0.25) is 0 Å². The first kappa shape index (κ1) is 12.5. The van der Waals surface area contributed by atoms with Crippen LogP contribution in [0.3, 0.4) is 0 Å². The zero-order valence-corrected chi connectivity index (χ0v) is 9.86. The summed E-state index contributed by atoms with van der Waals surface area (Å²) in [6.07, 6.45) is 0.917. The standard InChI is InChI=1S/C12H7F3N2O3/c13-7-3-5-10(9(15)8(7)14)17(16-1-2-16)4-6(11(5)18)12(19)20/h3-4H,1-2H2,(H,19,20). The summed E-state index contributed by atoms with van der Waals surface area (Å²) in [6, 6.07) is 0.516. The first-order chi connectivity index (χ1) is 9.41. The third kappa shape index (κ3) is 1.64. The molecule has 5 nitrogen and oxygen atoms in total. The molecular formula is C12H7F3N2O3. The van der Waals surface area contributed by atoms with Gasteiger partial charge in [-0.25, -0.2) is 18.0 Å². The van der Waals surface area contributed by atoms with Gasteiger partial charge in [0.1, 0.15) is 11.1 Å². The molecule has 2 aromatic rings. The fraction of sp³-hybridized carbons (Fsp3) is 0.167. The van der Waals surface area contributed by atoms with Crippen LogP contribution >= 0.6 is 0 Å². The van der Waals surface area contributed by atoms with Gasteiger partial charge < -0.3 is 10.1 Å². The van der Waals surface area contributed by atoms with Crippen LogP contribution in [0.25, 0.3) is 10.9 Å². The van der Waals surface area contributed by atoms with Gasteiger partial charge in [0.25, 0.3) is 0 Å². The van der Waals surface area contributed by atoms with E-state index in [9.17, 15) is 22.8 Å². The van der Waals surface area contributed by atoms with E-state index in [1.807, 2.05) is 0 Å². The highest BCUT2D eigenvalue weighted by molar-refractivity contribution is 5.93. The number of benzene rings is 1. The quantitative estimate of drug-likeness (QED) is 0.662. The number of fused-ring (bicyclic) bond motifs is 1. The Morgan fingerprint density at radius 1 is 1.20 bits per heavy atom. The maximum absolute atomic E-state index is 13.9. The molecule has 1 aromatic heterocycles. The molecule has 1 aliphatic heterocycles. The third-order valence-electron chi connectivity index (χ3n) is 3.06. The fourth-order valence-corrected chi connectivity index (χ4v) is 2.01. The SMILES string of the molecule is O=C(O)c1cn(N2CC2)c2c(F)c(F)c(F)cc2c1=O. The smallest absolute Gasteiger partial charge is 0.341 e. The largest absolute Gasteiger partial charge is 0.477 e. The molecule has 1 aliphatic rings. The van der Waals surface area contributed by atoms with Crippen LogP contribution in [0.1, 0.15) is 10.4 Å². The van der Waals surface area contributed by atoms with Crippen molar-refractivity contribution in [3.05, 3.63) is 45.5 Å². The molecule has 0 radical (unpaired) electrons. The van der Waals surface area contributed by atoms with Crippen LogP contribution in [0, 0.1) is 17.5 Å². The van der Waals surface area contributed by atoms with E-state index < -0.39 is 45.3 Å². The van der Waals surface area contributed by atoms with E-state index in [0.717, 1.165) is 10.9 Å². The van der Waals surface area contributed by atoms with Crippen molar-refractivity contribution in [2.45, 2.75) is 0 Å². The Hall–Kier alpha value is -2.51. The van der Waals surface area contributed by atoms with Gasteiger partial charge in [-0.1, -0.05) is 0 Å². The molecule has 0 spiro atoms. The van der Waals surface area contributed by atoms with Gasteiger partial charge in [0.2, 0.25) is 5.43 Å². The van der Waals surface area contributed by atoms with E-state index in [1.165, 1.54) is 5.01 Å². The predicted octanol–water partition coefficient (Wildman–Crippen LogP) is 1.07. The second kappa shape index (κ2) is 3.99. The summed E-state index contributed by atoms with van der Waals surface area (Å²) in [5, 5.41) is 9.93. The van der Waals surface area contributed by atoms with Gasteiger partial charge in [-0.2, -0.15) is 0 Å². The number of nitrogens with zero attached hydrogens (tertiary/aromatic N) is 2. The predicted molar refractivity (Wildman–Crippen MR) is 63.0 cm³/mol. The number of aromatic nitrogens is 1. The maximum Gasteiger partial charge on any atom is 0.341 e. The number of aromatic carboxylic acids is 1. The fourth-order valence-electron chi connectivity index (χ4n) is 2.01. The van der Waals surface area contributed by atoms with Gasteiger partial charge in [0.15, 0.2) is 17.5 Å². The number of carboxylic acids is 1. The van der Waals surface area contributed by atoms with Gasteiger partial charge in [0.05, 0.1) is 18.5 Å². The van der Waals surface area contributed by atoms with Crippen molar-refractivity contribution in [3.63, 3.8) is 0 Å². The number of rotatable bonds is 2. The first-order valence-electron chi connectivity index (χ1n) is 5.63. The summed E-state index contributed by atoms with van der Waals surface area (Å²) < 4.78 is 41.5. The topological polar surface area (TPSA) is 62.3 Å². The molecule has 0 atom stereocenters. The lowest BCUT2D eigenvalue weighted by atomic mass is 10.1. The number of carbonyl (C=O) groups is 1. The monoisotopic (exact) mass is 284 g/mol. The lowest BCUT2D eigenvalue weighted by Crippen LogP contribution is -2.24. The Balaban J connectivity index is 2.52. The van der Waals surface area contributed by atoms with E-state index >= 15 is 0 Å². The first-order valence-corrected chi connectivity index (χ1v) is 5.63. The molecule has 0 saturated carbocycles. The number of pyridine rings is 1. The molecule has 1 fully saturated rings. The van der Waals surface area contributed by atoms with Gasteiger partial charge in [0, 0.05) is 6.20 Å². The molecule has 1 N–H and O–H groups in total. The Morgan fingerprint density at radius 3 is 2.40 bits per heavy atom. The van der Waals surface area contributed by atoms with E-state index in [2.05, 4.69) is 0 Å². The average Bonchev–Trinajstić information content (AvgIpc) is 3.21. The van der Waals surface area contributed by atoms with Crippen LogP contribution in [0.4, 0.5) is 13.2 Å². The van der Waals surface area contributed by atoms with Crippen molar-refractivity contribution in [2.75, 3.05) is 18.1 Å². The van der Waals surface area contributed by atoms with Crippen LogP contribution in [-0.2, 0) is 0 Å². The highest BCUT2D eigenvalue weighted by Crippen LogP contribution is 2.23. The van der Waals surface area contributed by atoms with Gasteiger partial charge in [-0.3, -0.25) is 9.47 Å². The lowest BCUT2D eigenvalue weighted by Gasteiger charge is -2.14. The second-order valence-electron chi connectivity index (χ2n) is 4.36. The van der Waals surface area contributed by atoms with E-state index in [0.29, 0.717) is 19.2 Å². The van der Waals surface area contributed by atoms with Gasteiger partial charge >= 0.3 is 5.97 Å². The Labute approximate surface area is 109 Å². The molecule has 1 aromatic carbocycles. The van der Waals surface area contributed by atoms with Crippen LogP contribution in [-0.4, -0.2) is 28.8 Å². The third-order valence-corrected chi connectivity index (χ3v) is 3.06. The number of hydrogen-bond acceptors (Lipinski definition) is 3. The van der Waals surface area contributed by atoms with Crippen molar-refractivity contribution in [1.82, 2.24) is 4.68 Å². The molecule has 2 heterocycles. The molecule has 0 bridgehead atoms. The highest BCUT2D eigenvalue weighted by atomic mass is 19.2. The summed E-state index contributed by atoms with van der Waals surface area (Å²) in [6.45, 7) is 0.991. The van der Waals surface area contributed by atoms with E-state index in [-0.39, 0.29) is 0 Å². The number of hydrogen-bond donors (Lipinski definition) is 1.